The van der Waals surface area contributed by atoms with Crippen LogP contribution in [-0.4, -0.2) is 24.7 Å². The number of aromatic nitrogens is 1. The van der Waals surface area contributed by atoms with Crippen molar-refractivity contribution >= 4 is 5.69 Å². The van der Waals surface area contributed by atoms with Crippen LogP contribution in [0.3, 0.4) is 0 Å². The molecule has 0 aliphatic carbocycles. The average Bonchev–Trinajstić information content (AvgIpc) is 2.60. The van der Waals surface area contributed by atoms with Gasteiger partial charge in [-0.2, -0.15) is 18.4 Å². The lowest BCUT2D eigenvalue weighted by atomic mass is 9.95. The lowest BCUT2D eigenvalue weighted by molar-refractivity contribution is -0.137. The van der Waals surface area contributed by atoms with Crippen molar-refractivity contribution in [3.63, 3.8) is 0 Å². The normalized spacial score (nSPS) is 11.8. The predicted octanol–water partition coefficient (Wildman–Crippen LogP) is 5.04. The van der Waals surface area contributed by atoms with Crippen molar-refractivity contribution in [3.05, 3.63) is 53.5 Å². The standard InChI is InChI=1S/C20H21F4N3O/c1-19(2,3)13-27(8-9-28-18-7-5-15(21)12-26-18)16-6-4-14(11-25)17(10-16)20(22,23)24/h4-7,10,12H,8-9,13H2,1-3H3. The van der Waals surface area contributed by atoms with Crippen LogP contribution in [0.5, 0.6) is 5.88 Å². The van der Waals surface area contributed by atoms with Crippen molar-refractivity contribution in [2.75, 3.05) is 24.6 Å². The number of nitriles is 1. The number of nitrogens with zero attached hydrogens (tertiary/aromatic N) is 3. The number of ether oxygens (including phenoxy) is 1. The van der Waals surface area contributed by atoms with Gasteiger partial charge in [-0.15, -0.1) is 0 Å². The highest BCUT2D eigenvalue weighted by atomic mass is 19.4. The molecule has 28 heavy (non-hydrogen) atoms. The van der Waals surface area contributed by atoms with E-state index < -0.39 is 23.1 Å². The summed E-state index contributed by atoms with van der Waals surface area (Å²) in [5.74, 6) is -0.258. The Balaban J connectivity index is 2.23. The molecular weight excluding hydrogens is 374 g/mol. The van der Waals surface area contributed by atoms with Gasteiger partial charge in [0.1, 0.15) is 12.4 Å². The van der Waals surface area contributed by atoms with Gasteiger partial charge in [0.2, 0.25) is 5.88 Å². The Hall–Kier alpha value is -2.82. The summed E-state index contributed by atoms with van der Waals surface area (Å²) in [5.41, 5.74) is -1.23. The van der Waals surface area contributed by atoms with E-state index in [2.05, 4.69) is 4.98 Å². The molecule has 0 radical (unpaired) electrons. The van der Waals surface area contributed by atoms with Crippen LogP contribution in [0, 0.1) is 22.6 Å². The molecule has 8 heteroatoms. The first-order valence-corrected chi connectivity index (χ1v) is 8.60. The van der Waals surface area contributed by atoms with Crippen LogP contribution in [0.1, 0.15) is 31.9 Å². The van der Waals surface area contributed by atoms with Gasteiger partial charge in [-0.25, -0.2) is 9.37 Å². The van der Waals surface area contributed by atoms with Crippen LogP contribution in [0.4, 0.5) is 23.2 Å². The highest BCUT2D eigenvalue weighted by molar-refractivity contribution is 5.55. The van der Waals surface area contributed by atoms with E-state index in [0.717, 1.165) is 12.3 Å². The van der Waals surface area contributed by atoms with Crippen LogP contribution < -0.4 is 9.64 Å². The van der Waals surface area contributed by atoms with Gasteiger partial charge in [0, 0.05) is 18.3 Å². The Bertz CT molecular complexity index is 837. The molecule has 0 N–H and O–H groups in total. The predicted molar refractivity (Wildman–Crippen MR) is 97.5 cm³/mol. The van der Waals surface area contributed by atoms with Crippen molar-refractivity contribution in [2.45, 2.75) is 26.9 Å². The first kappa shape index (κ1) is 21.5. The Morgan fingerprint density at radius 3 is 2.39 bits per heavy atom. The quantitative estimate of drug-likeness (QED) is 0.643. The zero-order valence-corrected chi connectivity index (χ0v) is 15.8. The van der Waals surface area contributed by atoms with Crippen LogP contribution in [0.15, 0.2) is 36.5 Å². The number of pyridine rings is 1. The first-order chi connectivity index (χ1) is 13.0. The molecule has 2 aromatic rings. The monoisotopic (exact) mass is 395 g/mol. The van der Waals surface area contributed by atoms with Crippen molar-refractivity contribution < 1.29 is 22.3 Å². The minimum absolute atomic E-state index is 0.149. The number of alkyl halides is 3. The van der Waals surface area contributed by atoms with Crippen LogP contribution in [0.2, 0.25) is 0 Å². The largest absolute Gasteiger partial charge is 0.476 e. The lowest BCUT2D eigenvalue weighted by Crippen LogP contribution is -2.36. The molecule has 0 aliphatic heterocycles. The zero-order chi connectivity index (χ0) is 20.9. The average molecular weight is 395 g/mol. The van der Waals surface area contributed by atoms with Crippen molar-refractivity contribution in [1.29, 1.82) is 5.26 Å². The van der Waals surface area contributed by atoms with Crippen LogP contribution >= 0.6 is 0 Å². The third kappa shape index (κ3) is 6.12. The molecule has 0 unspecified atom stereocenters. The van der Waals surface area contributed by atoms with Crippen LogP contribution in [-0.2, 0) is 6.18 Å². The number of hydrogen-bond donors (Lipinski definition) is 0. The molecule has 0 aliphatic rings. The summed E-state index contributed by atoms with van der Waals surface area (Å²) >= 11 is 0. The Labute approximate surface area is 161 Å². The van der Waals surface area contributed by atoms with E-state index in [4.69, 9.17) is 10.00 Å². The third-order valence-electron chi connectivity index (χ3n) is 3.77. The zero-order valence-electron chi connectivity index (χ0n) is 15.8. The van der Waals surface area contributed by atoms with E-state index in [1.165, 1.54) is 24.3 Å². The van der Waals surface area contributed by atoms with E-state index in [-0.39, 0.29) is 17.9 Å². The number of halogens is 4. The molecule has 4 nitrogen and oxygen atoms in total. The highest BCUT2D eigenvalue weighted by Gasteiger charge is 2.34. The molecule has 0 bridgehead atoms. The van der Waals surface area contributed by atoms with E-state index in [1.54, 1.807) is 11.0 Å². The second-order valence-corrected chi connectivity index (χ2v) is 7.48. The number of benzene rings is 1. The van der Waals surface area contributed by atoms with Crippen molar-refractivity contribution in [2.24, 2.45) is 5.41 Å². The number of hydrogen-bond acceptors (Lipinski definition) is 4. The molecule has 0 atom stereocenters. The summed E-state index contributed by atoms with van der Waals surface area (Å²) in [6, 6.07) is 7.84. The highest BCUT2D eigenvalue weighted by Crippen LogP contribution is 2.35. The molecule has 0 amide bonds. The number of anilines is 1. The SMILES string of the molecule is CC(C)(C)CN(CCOc1ccc(F)cn1)c1ccc(C#N)c(C(F)(F)F)c1. The maximum absolute atomic E-state index is 13.3. The van der Waals surface area contributed by atoms with Crippen molar-refractivity contribution in [3.8, 4) is 11.9 Å². The van der Waals surface area contributed by atoms with Crippen molar-refractivity contribution in [1.82, 2.24) is 4.98 Å². The van der Waals surface area contributed by atoms with Gasteiger partial charge in [0.25, 0.3) is 0 Å². The minimum Gasteiger partial charge on any atom is -0.476 e. The molecule has 1 aromatic heterocycles. The van der Waals surface area contributed by atoms with Gasteiger partial charge in [0.15, 0.2) is 0 Å². The molecule has 1 heterocycles. The summed E-state index contributed by atoms with van der Waals surface area (Å²) in [6.07, 6.45) is -3.60. The fourth-order valence-corrected chi connectivity index (χ4v) is 2.64. The minimum atomic E-state index is -4.62. The maximum Gasteiger partial charge on any atom is 0.417 e. The first-order valence-electron chi connectivity index (χ1n) is 8.60. The summed E-state index contributed by atoms with van der Waals surface area (Å²) in [4.78, 5) is 5.55. The maximum atomic E-state index is 13.3. The van der Waals surface area contributed by atoms with E-state index in [9.17, 15) is 17.6 Å². The molecule has 150 valence electrons. The Morgan fingerprint density at radius 1 is 1.14 bits per heavy atom. The smallest absolute Gasteiger partial charge is 0.417 e. The van der Waals surface area contributed by atoms with E-state index in [1.807, 2.05) is 20.8 Å². The fourth-order valence-electron chi connectivity index (χ4n) is 2.64. The second kappa shape index (κ2) is 8.46. The molecule has 0 spiro atoms. The molecule has 1 aromatic carbocycles. The van der Waals surface area contributed by atoms with Gasteiger partial charge in [0.05, 0.1) is 29.9 Å². The van der Waals surface area contributed by atoms with Gasteiger partial charge < -0.3 is 9.64 Å². The molecule has 2 rings (SSSR count). The third-order valence-corrected chi connectivity index (χ3v) is 3.77. The summed E-state index contributed by atoms with van der Waals surface area (Å²) in [5, 5.41) is 8.97. The summed E-state index contributed by atoms with van der Waals surface area (Å²) < 4.78 is 58.2. The Morgan fingerprint density at radius 2 is 1.86 bits per heavy atom. The molecule has 0 fully saturated rings. The molecular formula is C20H21F4N3O. The topological polar surface area (TPSA) is 49.1 Å². The van der Waals surface area contributed by atoms with Gasteiger partial charge in [-0.1, -0.05) is 20.8 Å². The summed E-state index contributed by atoms with van der Waals surface area (Å²) in [7, 11) is 0. The van der Waals surface area contributed by atoms with E-state index in [0.29, 0.717) is 18.8 Å². The van der Waals surface area contributed by atoms with Gasteiger partial charge in [-0.05, 0) is 29.7 Å². The fraction of sp³-hybridized carbons (Fsp3) is 0.400. The lowest BCUT2D eigenvalue weighted by Gasteiger charge is -2.32. The summed E-state index contributed by atoms with van der Waals surface area (Å²) in [6.45, 7) is 6.82. The second-order valence-electron chi connectivity index (χ2n) is 7.48. The molecule has 0 saturated heterocycles. The van der Waals surface area contributed by atoms with Gasteiger partial charge >= 0.3 is 6.18 Å². The van der Waals surface area contributed by atoms with Gasteiger partial charge in [-0.3, -0.25) is 0 Å². The number of rotatable bonds is 6. The van der Waals surface area contributed by atoms with E-state index >= 15 is 0 Å². The van der Waals surface area contributed by atoms with Crippen LogP contribution in [0.25, 0.3) is 0 Å². The molecule has 0 saturated carbocycles. The Kier molecular flexibility index (Phi) is 6.49.